The van der Waals surface area contributed by atoms with Gasteiger partial charge in [-0.15, -0.1) is 0 Å². The maximum atomic E-state index is 13.9. The molecule has 9 nitrogen and oxygen atoms in total. The maximum absolute atomic E-state index is 13.9. The van der Waals surface area contributed by atoms with Gasteiger partial charge < -0.3 is 20.1 Å². The minimum atomic E-state index is -2.47. The fourth-order valence-electron chi connectivity index (χ4n) is 3.13. The van der Waals surface area contributed by atoms with Gasteiger partial charge in [-0.3, -0.25) is 4.79 Å². The van der Waals surface area contributed by atoms with Crippen LogP contribution in [0.4, 0.5) is 21.6 Å². The first-order chi connectivity index (χ1) is 15.6. The van der Waals surface area contributed by atoms with Crippen LogP contribution in [-0.2, 0) is 14.5 Å². The van der Waals surface area contributed by atoms with E-state index in [-0.39, 0.29) is 12.3 Å². The van der Waals surface area contributed by atoms with Gasteiger partial charge in [0.1, 0.15) is 30.3 Å². The molecule has 1 amide bonds. The molecule has 0 aliphatic carbocycles. The molecule has 1 unspecified atom stereocenters. The highest BCUT2D eigenvalue weighted by atomic mass is 32.2. The predicted octanol–water partition coefficient (Wildman–Crippen LogP) is 2.90. The van der Waals surface area contributed by atoms with Crippen LogP contribution in [0, 0.1) is 24.1 Å². The summed E-state index contributed by atoms with van der Waals surface area (Å²) in [6.45, 7) is 3.19. The second-order valence-corrected chi connectivity index (χ2v) is 9.63. The van der Waals surface area contributed by atoms with Gasteiger partial charge in [-0.1, -0.05) is 0 Å². The molecule has 2 atom stereocenters. The summed E-state index contributed by atoms with van der Waals surface area (Å²) in [5.41, 5.74) is 2.38. The minimum absolute atomic E-state index is 0.0973. The van der Waals surface area contributed by atoms with E-state index in [4.69, 9.17) is 10.00 Å². The van der Waals surface area contributed by atoms with Gasteiger partial charge >= 0.3 is 0 Å². The van der Waals surface area contributed by atoms with Crippen LogP contribution in [0.5, 0.6) is 5.75 Å². The van der Waals surface area contributed by atoms with Gasteiger partial charge in [0.2, 0.25) is 0 Å². The molecular weight excluding hydrogens is 447 g/mol. The van der Waals surface area contributed by atoms with Gasteiger partial charge in [-0.05, 0) is 49.5 Å². The van der Waals surface area contributed by atoms with Crippen molar-refractivity contribution >= 4 is 49.6 Å². The third-order valence-corrected chi connectivity index (χ3v) is 5.15. The Hall–Kier alpha value is -3.91. The fraction of sp³-hybridized carbons (Fsp3) is 0.227. The zero-order chi connectivity index (χ0) is 24.2. The Labute approximate surface area is 191 Å². The number of carbonyl (C=O) groups excluding carboxylic acids is 1. The second-order valence-electron chi connectivity index (χ2n) is 7.42. The predicted molar refractivity (Wildman–Crippen MR) is 127 cm³/mol. The molecule has 0 aliphatic heterocycles. The maximum Gasteiger partial charge on any atom is 0.261 e. The summed E-state index contributed by atoms with van der Waals surface area (Å²) in [6.07, 6.45) is 1.89. The molecule has 33 heavy (non-hydrogen) atoms. The summed E-state index contributed by atoms with van der Waals surface area (Å²) in [5.74, 6) is 3.08. The highest BCUT2D eigenvalue weighted by Gasteiger charge is 2.18. The van der Waals surface area contributed by atoms with Crippen LogP contribution in [0.25, 0.3) is 10.9 Å². The average molecular weight is 471 g/mol. The Morgan fingerprint density at radius 2 is 2.09 bits per heavy atom. The number of hydrogen-bond acceptors (Lipinski definition) is 7. The van der Waals surface area contributed by atoms with Crippen molar-refractivity contribution < 1.29 is 18.1 Å². The molecule has 2 aromatic carbocycles. The van der Waals surface area contributed by atoms with Gasteiger partial charge in [-0.25, -0.2) is 18.6 Å². The van der Waals surface area contributed by atoms with Crippen molar-refractivity contribution in [2.24, 2.45) is 0 Å². The molecular formula is C22H23FN6O3S. The SMILES string of the molecule is C=S(C)(=O)Nc1cc(C)c2c(Nc3ccc(F)cc3O[C@H](C)C(=O)NCC#N)ncnc2c1. The highest BCUT2D eigenvalue weighted by molar-refractivity contribution is 8.00. The Morgan fingerprint density at radius 1 is 1.33 bits per heavy atom. The number of aryl methyl sites for hydroxylation is 1. The van der Waals surface area contributed by atoms with E-state index in [1.165, 1.54) is 31.6 Å². The fourth-order valence-corrected chi connectivity index (χ4v) is 3.75. The molecule has 0 fully saturated rings. The van der Waals surface area contributed by atoms with E-state index in [1.807, 2.05) is 13.0 Å². The summed E-state index contributed by atoms with van der Waals surface area (Å²) in [6, 6.07) is 9.22. The standard InChI is InChI=1S/C22H23FN6O3S/c1-13-9-16(29-33(3,4)31)11-18-20(13)21(27-12-26-18)28-17-6-5-15(23)10-19(17)32-14(2)22(30)25-8-7-24/h5-6,9-12,14H,3,8H2,1-2,4H3,(H,25,30)(H,29,31)(H,26,27,28)/t14-,33?/m1/s1. The first kappa shape index (κ1) is 23.7. The van der Waals surface area contributed by atoms with Gasteiger partial charge in [0, 0.05) is 33.1 Å². The van der Waals surface area contributed by atoms with Crippen LogP contribution in [-0.4, -0.2) is 44.9 Å². The monoisotopic (exact) mass is 470 g/mol. The lowest BCUT2D eigenvalue weighted by atomic mass is 10.1. The smallest absolute Gasteiger partial charge is 0.261 e. The van der Waals surface area contributed by atoms with E-state index in [2.05, 4.69) is 31.2 Å². The number of anilines is 3. The van der Waals surface area contributed by atoms with E-state index >= 15 is 0 Å². The number of nitrogens with zero attached hydrogens (tertiary/aromatic N) is 3. The van der Waals surface area contributed by atoms with Crippen LogP contribution in [0.3, 0.4) is 0 Å². The normalized spacial score (nSPS) is 13.4. The number of carbonyl (C=O) groups is 1. The number of rotatable bonds is 8. The van der Waals surface area contributed by atoms with Crippen molar-refractivity contribution in [3.05, 3.63) is 48.0 Å². The summed E-state index contributed by atoms with van der Waals surface area (Å²) >= 11 is 0. The Balaban J connectivity index is 1.96. The molecule has 0 spiro atoms. The lowest BCUT2D eigenvalue weighted by molar-refractivity contribution is -0.126. The molecule has 0 saturated heterocycles. The van der Waals surface area contributed by atoms with Gasteiger partial charge in [0.05, 0.1) is 17.3 Å². The molecule has 3 N–H and O–H groups in total. The van der Waals surface area contributed by atoms with Crippen molar-refractivity contribution in [2.75, 3.05) is 22.8 Å². The van der Waals surface area contributed by atoms with Gasteiger partial charge in [0.25, 0.3) is 5.91 Å². The van der Waals surface area contributed by atoms with Gasteiger partial charge in [0.15, 0.2) is 6.10 Å². The largest absolute Gasteiger partial charge is 0.479 e. The number of ether oxygens (including phenoxy) is 1. The van der Waals surface area contributed by atoms with Crippen LogP contribution >= 0.6 is 0 Å². The minimum Gasteiger partial charge on any atom is -0.479 e. The Bertz CT molecular complexity index is 1350. The molecule has 3 rings (SSSR count). The van der Waals surface area contributed by atoms with Gasteiger partial charge in [-0.2, -0.15) is 5.26 Å². The first-order valence-electron chi connectivity index (χ1n) is 9.80. The van der Waals surface area contributed by atoms with Crippen LogP contribution in [0.1, 0.15) is 12.5 Å². The number of nitriles is 1. The summed E-state index contributed by atoms with van der Waals surface area (Å²) in [7, 11) is -2.47. The molecule has 11 heteroatoms. The molecule has 0 radical (unpaired) electrons. The Morgan fingerprint density at radius 3 is 2.79 bits per heavy atom. The van der Waals surface area contributed by atoms with Crippen molar-refractivity contribution in [1.29, 1.82) is 5.26 Å². The van der Waals surface area contributed by atoms with E-state index in [9.17, 15) is 13.4 Å². The molecule has 172 valence electrons. The summed E-state index contributed by atoms with van der Waals surface area (Å²) < 4.78 is 34.5. The van der Waals surface area contributed by atoms with Crippen LogP contribution in [0.15, 0.2) is 36.7 Å². The molecule has 1 aromatic heterocycles. The van der Waals surface area contributed by atoms with Crippen LogP contribution in [0.2, 0.25) is 0 Å². The second kappa shape index (κ2) is 9.70. The van der Waals surface area contributed by atoms with Crippen molar-refractivity contribution in [2.45, 2.75) is 20.0 Å². The average Bonchev–Trinajstić information content (AvgIpc) is 2.72. The topological polar surface area (TPSA) is 129 Å². The number of benzene rings is 2. The number of aromatic nitrogens is 2. The molecule has 1 heterocycles. The van der Waals surface area contributed by atoms with Crippen LogP contribution < -0.4 is 20.1 Å². The molecule has 0 saturated carbocycles. The van der Waals surface area contributed by atoms with Crippen molar-refractivity contribution in [3.8, 4) is 11.8 Å². The number of nitrogens with one attached hydrogen (secondary N) is 3. The number of fused-ring (bicyclic) bond motifs is 1. The lowest BCUT2D eigenvalue weighted by Crippen LogP contribution is -2.36. The van der Waals surface area contributed by atoms with E-state index in [1.54, 1.807) is 12.1 Å². The quantitative estimate of drug-likeness (QED) is 0.341. The lowest BCUT2D eigenvalue weighted by Gasteiger charge is -2.18. The highest BCUT2D eigenvalue weighted by Crippen LogP contribution is 2.33. The third kappa shape index (κ3) is 6.08. The molecule has 3 aromatic rings. The third-order valence-electron chi connectivity index (χ3n) is 4.48. The number of hydrogen-bond donors (Lipinski definition) is 3. The molecule has 0 bridgehead atoms. The summed E-state index contributed by atoms with van der Waals surface area (Å²) in [4.78, 5) is 20.7. The number of halogens is 1. The summed E-state index contributed by atoms with van der Waals surface area (Å²) in [5, 5.41) is 14.8. The zero-order valence-electron chi connectivity index (χ0n) is 18.3. The molecule has 0 aliphatic rings. The van der Waals surface area contributed by atoms with Crippen molar-refractivity contribution in [3.63, 3.8) is 0 Å². The first-order valence-corrected chi connectivity index (χ1v) is 11.9. The van der Waals surface area contributed by atoms with E-state index < -0.39 is 27.5 Å². The zero-order valence-corrected chi connectivity index (χ0v) is 19.1. The van der Waals surface area contributed by atoms with Crippen molar-refractivity contribution in [1.82, 2.24) is 15.3 Å². The van der Waals surface area contributed by atoms with E-state index in [0.717, 1.165) is 11.6 Å². The Kier molecular flexibility index (Phi) is 6.98. The van der Waals surface area contributed by atoms with E-state index in [0.29, 0.717) is 28.1 Å². The number of amides is 1.